The number of rotatable bonds is 5. The summed E-state index contributed by atoms with van der Waals surface area (Å²) in [5.41, 5.74) is 1.73. The van der Waals surface area contributed by atoms with E-state index in [1.165, 1.54) is 11.3 Å². The van der Waals surface area contributed by atoms with E-state index in [-0.39, 0.29) is 6.03 Å². The van der Waals surface area contributed by atoms with Crippen molar-refractivity contribution in [3.05, 3.63) is 40.9 Å². The van der Waals surface area contributed by atoms with Crippen molar-refractivity contribution in [3.63, 3.8) is 0 Å². The number of hydrogen-bond donors (Lipinski definition) is 2. The Morgan fingerprint density at radius 3 is 2.86 bits per heavy atom. The number of urea groups is 1. The highest BCUT2D eigenvalue weighted by molar-refractivity contribution is 7.15. The summed E-state index contributed by atoms with van der Waals surface area (Å²) in [5.74, 6) is 0.409. The van der Waals surface area contributed by atoms with Gasteiger partial charge in [-0.25, -0.2) is 9.78 Å². The first kappa shape index (κ1) is 15.5. The van der Waals surface area contributed by atoms with Crippen LogP contribution >= 0.6 is 11.3 Å². The van der Waals surface area contributed by atoms with Crippen LogP contribution in [0.15, 0.2) is 30.5 Å². The first-order valence-corrected chi connectivity index (χ1v) is 7.51. The predicted molar refractivity (Wildman–Crippen MR) is 86.0 cm³/mol. The van der Waals surface area contributed by atoms with Crippen LogP contribution in [0, 0.1) is 0 Å². The SMILES string of the molecule is COCc1cccc(NC(=O)Nc2ncc(C(C)C)s2)c1. The van der Waals surface area contributed by atoms with Crippen LogP contribution in [-0.2, 0) is 11.3 Å². The molecule has 2 N–H and O–H groups in total. The highest BCUT2D eigenvalue weighted by atomic mass is 32.1. The number of benzene rings is 1. The van der Waals surface area contributed by atoms with E-state index in [1.807, 2.05) is 24.3 Å². The Morgan fingerprint density at radius 2 is 2.19 bits per heavy atom. The molecule has 5 nitrogen and oxygen atoms in total. The smallest absolute Gasteiger partial charge is 0.325 e. The fourth-order valence-corrected chi connectivity index (χ4v) is 2.59. The summed E-state index contributed by atoms with van der Waals surface area (Å²) < 4.78 is 5.07. The predicted octanol–water partition coefficient (Wildman–Crippen LogP) is 4.06. The van der Waals surface area contributed by atoms with Gasteiger partial charge < -0.3 is 10.1 Å². The molecule has 1 aromatic heterocycles. The van der Waals surface area contributed by atoms with Crippen LogP contribution in [0.25, 0.3) is 0 Å². The van der Waals surface area contributed by atoms with Gasteiger partial charge in [0.15, 0.2) is 5.13 Å². The van der Waals surface area contributed by atoms with Gasteiger partial charge in [-0.15, -0.1) is 11.3 Å². The Kier molecular flexibility index (Phi) is 5.30. The van der Waals surface area contributed by atoms with Crippen molar-refractivity contribution in [1.29, 1.82) is 0 Å². The van der Waals surface area contributed by atoms with Gasteiger partial charge in [-0.1, -0.05) is 26.0 Å². The highest BCUT2D eigenvalue weighted by Gasteiger charge is 2.09. The quantitative estimate of drug-likeness (QED) is 0.875. The van der Waals surface area contributed by atoms with Gasteiger partial charge in [-0.3, -0.25) is 5.32 Å². The lowest BCUT2D eigenvalue weighted by Gasteiger charge is -2.07. The Labute approximate surface area is 128 Å². The number of nitrogens with one attached hydrogen (secondary N) is 2. The highest BCUT2D eigenvalue weighted by Crippen LogP contribution is 2.25. The van der Waals surface area contributed by atoms with E-state index >= 15 is 0 Å². The number of carbonyl (C=O) groups excluding carboxylic acids is 1. The van der Waals surface area contributed by atoms with Gasteiger partial charge in [0, 0.05) is 23.9 Å². The molecule has 0 saturated carbocycles. The average molecular weight is 305 g/mol. The minimum atomic E-state index is -0.297. The molecule has 0 fully saturated rings. The topological polar surface area (TPSA) is 63.2 Å². The minimum absolute atomic E-state index is 0.297. The Balaban J connectivity index is 1.96. The van der Waals surface area contributed by atoms with Gasteiger partial charge in [0.25, 0.3) is 0 Å². The number of ether oxygens (including phenoxy) is 1. The molecular weight excluding hydrogens is 286 g/mol. The summed E-state index contributed by atoms with van der Waals surface area (Å²) in [6.07, 6.45) is 1.80. The molecule has 1 heterocycles. The van der Waals surface area contributed by atoms with Crippen LogP contribution in [0.4, 0.5) is 15.6 Å². The number of amides is 2. The number of anilines is 2. The van der Waals surface area contributed by atoms with Crippen LogP contribution in [-0.4, -0.2) is 18.1 Å². The second kappa shape index (κ2) is 7.19. The molecule has 21 heavy (non-hydrogen) atoms. The molecule has 0 saturated heterocycles. The number of methoxy groups -OCH3 is 1. The maximum absolute atomic E-state index is 11.9. The van der Waals surface area contributed by atoms with Crippen molar-refractivity contribution < 1.29 is 9.53 Å². The lowest BCUT2D eigenvalue weighted by atomic mass is 10.2. The van der Waals surface area contributed by atoms with E-state index in [2.05, 4.69) is 29.5 Å². The largest absolute Gasteiger partial charge is 0.380 e. The standard InChI is InChI=1S/C15H19N3O2S/c1-10(2)13-8-16-15(21-13)18-14(19)17-12-6-4-5-11(7-12)9-20-3/h4-8,10H,9H2,1-3H3,(H2,16,17,18,19). The molecule has 0 aliphatic heterocycles. The molecule has 0 aliphatic rings. The average Bonchev–Trinajstić information content (AvgIpc) is 2.88. The number of aromatic nitrogens is 1. The van der Waals surface area contributed by atoms with E-state index in [1.54, 1.807) is 13.3 Å². The summed E-state index contributed by atoms with van der Waals surface area (Å²) >= 11 is 1.49. The molecule has 2 aromatic rings. The molecule has 0 unspecified atom stereocenters. The fourth-order valence-electron chi connectivity index (χ4n) is 1.78. The summed E-state index contributed by atoms with van der Waals surface area (Å²) in [4.78, 5) is 17.3. The Bertz CT molecular complexity index is 610. The summed E-state index contributed by atoms with van der Waals surface area (Å²) in [7, 11) is 1.64. The molecule has 112 valence electrons. The maximum Gasteiger partial charge on any atom is 0.325 e. The van der Waals surface area contributed by atoms with Crippen molar-refractivity contribution in [3.8, 4) is 0 Å². The van der Waals surface area contributed by atoms with Crippen LogP contribution in [0.3, 0.4) is 0 Å². The molecular formula is C15H19N3O2S. The van der Waals surface area contributed by atoms with Crippen molar-refractivity contribution in [1.82, 2.24) is 4.98 Å². The normalized spacial score (nSPS) is 10.7. The first-order chi connectivity index (χ1) is 10.1. The van der Waals surface area contributed by atoms with Crippen molar-refractivity contribution in [2.75, 3.05) is 17.7 Å². The zero-order valence-corrected chi connectivity index (χ0v) is 13.2. The van der Waals surface area contributed by atoms with Gasteiger partial charge in [0.1, 0.15) is 0 Å². The van der Waals surface area contributed by atoms with E-state index in [4.69, 9.17) is 4.74 Å². The van der Waals surface area contributed by atoms with E-state index in [9.17, 15) is 4.79 Å². The molecule has 2 rings (SSSR count). The minimum Gasteiger partial charge on any atom is -0.380 e. The van der Waals surface area contributed by atoms with Gasteiger partial charge in [0.2, 0.25) is 0 Å². The third kappa shape index (κ3) is 4.54. The zero-order chi connectivity index (χ0) is 15.2. The summed E-state index contributed by atoms with van der Waals surface area (Å²) in [6, 6.07) is 7.24. The molecule has 0 aliphatic carbocycles. The van der Waals surface area contributed by atoms with E-state index in [0.29, 0.717) is 17.7 Å². The van der Waals surface area contributed by atoms with Gasteiger partial charge in [-0.05, 0) is 23.6 Å². The third-order valence-corrected chi connectivity index (χ3v) is 4.02. The summed E-state index contributed by atoms with van der Waals surface area (Å²) in [5, 5.41) is 6.13. The molecule has 0 bridgehead atoms. The van der Waals surface area contributed by atoms with Crippen molar-refractivity contribution >= 4 is 28.2 Å². The number of thiazole rings is 1. The Morgan fingerprint density at radius 1 is 1.38 bits per heavy atom. The second-order valence-electron chi connectivity index (χ2n) is 4.93. The fraction of sp³-hybridized carbons (Fsp3) is 0.333. The molecule has 0 atom stereocenters. The number of nitrogens with zero attached hydrogens (tertiary/aromatic N) is 1. The van der Waals surface area contributed by atoms with E-state index in [0.717, 1.165) is 16.1 Å². The Hall–Kier alpha value is -1.92. The first-order valence-electron chi connectivity index (χ1n) is 6.70. The lowest BCUT2D eigenvalue weighted by Crippen LogP contribution is -2.19. The van der Waals surface area contributed by atoms with E-state index < -0.39 is 0 Å². The molecule has 0 radical (unpaired) electrons. The van der Waals surface area contributed by atoms with Gasteiger partial charge in [-0.2, -0.15) is 0 Å². The zero-order valence-electron chi connectivity index (χ0n) is 12.3. The van der Waals surface area contributed by atoms with Gasteiger partial charge >= 0.3 is 6.03 Å². The number of carbonyl (C=O) groups is 1. The van der Waals surface area contributed by atoms with Crippen molar-refractivity contribution in [2.45, 2.75) is 26.4 Å². The summed E-state index contributed by atoms with van der Waals surface area (Å²) in [6.45, 7) is 4.71. The third-order valence-electron chi connectivity index (χ3n) is 2.81. The lowest BCUT2D eigenvalue weighted by molar-refractivity contribution is 0.185. The van der Waals surface area contributed by atoms with Crippen LogP contribution < -0.4 is 10.6 Å². The van der Waals surface area contributed by atoms with Crippen LogP contribution in [0.5, 0.6) is 0 Å². The second-order valence-corrected chi connectivity index (χ2v) is 6.00. The monoisotopic (exact) mass is 305 g/mol. The van der Waals surface area contributed by atoms with Crippen LogP contribution in [0.2, 0.25) is 0 Å². The molecule has 1 aromatic carbocycles. The number of hydrogen-bond acceptors (Lipinski definition) is 4. The van der Waals surface area contributed by atoms with Gasteiger partial charge in [0.05, 0.1) is 6.61 Å². The molecule has 0 spiro atoms. The van der Waals surface area contributed by atoms with Crippen LogP contribution in [0.1, 0.15) is 30.2 Å². The van der Waals surface area contributed by atoms with Crippen molar-refractivity contribution in [2.24, 2.45) is 0 Å². The molecule has 6 heteroatoms. The molecule has 2 amide bonds. The maximum atomic E-state index is 11.9.